The van der Waals surface area contributed by atoms with Gasteiger partial charge in [-0.15, -0.1) is 0 Å². The Labute approximate surface area is 166 Å². The molecular weight excluding hydrogens is 384 g/mol. The number of rotatable bonds is 4. The number of hydrazone groups is 1. The molecule has 1 N–H and O–H groups in total. The summed E-state index contributed by atoms with van der Waals surface area (Å²) >= 11 is 6.04. The zero-order valence-corrected chi connectivity index (χ0v) is 17.1. The topological polar surface area (TPSA) is 65.0 Å². The zero-order valence-electron chi connectivity index (χ0n) is 15.5. The summed E-state index contributed by atoms with van der Waals surface area (Å²) in [7, 11) is -3.55. The molecule has 0 radical (unpaired) electrons. The Morgan fingerprint density at radius 1 is 1.07 bits per heavy atom. The summed E-state index contributed by atoms with van der Waals surface area (Å²) in [4.78, 5) is 0. The smallest absolute Gasteiger partial charge is 0.316 e. The molecule has 27 heavy (non-hydrogen) atoms. The fourth-order valence-corrected chi connectivity index (χ4v) is 6.00. The molecule has 0 aliphatic carbocycles. The Balaban J connectivity index is 1.64. The Kier molecular flexibility index (Phi) is 5.73. The number of hydrogen-bond acceptors (Lipinski definition) is 4. The van der Waals surface area contributed by atoms with Crippen molar-refractivity contribution in [3.05, 3.63) is 34.9 Å². The van der Waals surface area contributed by atoms with Crippen LogP contribution in [0, 0.1) is 11.8 Å². The van der Waals surface area contributed by atoms with Crippen LogP contribution in [0.5, 0.6) is 0 Å². The van der Waals surface area contributed by atoms with Crippen LogP contribution in [0.25, 0.3) is 0 Å². The maximum atomic E-state index is 13.2. The number of halogens is 1. The van der Waals surface area contributed by atoms with Crippen LogP contribution in [0.3, 0.4) is 0 Å². The first-order valence-corrected chi connectivity index (χ1v) is 11.7. The van der Waals surface area contributed by atoms with Gasteiger partial charge in [0, 0.05) is 24.0 Å². The van der Waals surface area contributed by atoms with Crippen molar-refractivity contribution in [2.24, 2.45) is 16.9 Å². The second kappa shape index (κ2) is 8.07. The highest BCUT2D eigenvalue weighted by Gasteiger charge is 2.41. The minimum Gasteiger partial charge on any atom is -0.316 e. The van der Waals surface area contributed by atoms with E-state index in [0.29, 0.717) is 30.6 Å². The molecule has 2 atom stereocenters. The molecule has 3 aliphatic rings. The second-order valence-corrected chi connectivity index (χ2v) is 9.95. The van der Waals surface area contributed by atoms with Crippen LogP contribution in [0.15, 0.2) is 29.4 Å². The van der Waals surface area contributed by atoms with Crippen molar-refractivity contribution < 1.29 is 8.42 Å². The normalized spacial score (nSPS) is 27.6. The molecule has 8 heteroatoms. The van der Waals surface area contributed by atoms with Gasteiger partial charge < -0.3 is 5.32 Å². The van der Waals surface area contributed by atoms with Crippen LogP contribution >= 0.6 is 11.6 Å². The monoisotopic (exact) mass is 410 g/mol. The molecule has 0 bridgehead atoms. The predicted molar refractivity (Wildman–Crippen MR) is 108 cm³/mol. The van der Waals surface area contributed by atoms with Gasteiger partial charge >= 0.3 is 10.2 Å². The molecule has 0 saturated carbocycles. The third-order valence-corrected chi connectivity index (χ3v) is 7.91. The molecule has 3 heterocycles. The Bertz CT molecular complexity index is 784. The summed E-state index contributed by atoms with van der Waals surface area (Å²) < 4.78 is 29.3. The van der Waals surface area contributed by atoms with Crippen molar-refractivity contribution in [3.8, 4) is 0 Å². The van der Waals surface area contributed by atoms with E-state index in [2.05, 4.69) is 10.4 Å². The van der Waals surface area contributed by atoms with Gasteiger partial charge in [-0.3, -0.25) is 0 Å². The first-order valence-electron chi connectivity index (χ1n) is 9.88. The van der Waals surface area contributed by atoms with Gasteiger partial charge in [0.1, 0.15) is 0 Å². The highest BCUT2D eigenvalue weighted by Crippen LogP contribution is 2.32. The maximum absolute atomic E-state index is 13.2. The van der Waals surface area contributed by atoms with Crippen molar-refractivity contribution in [2.75, 3.05) is 32.7 Å². The van der Waals surface area contributed by atoms with Crippen molar-refractivity contribution in [1.82, 2.24) is 14.0 Å². The number of nitrogens with zero attached hydrogens (tertiary/aromatic N) is 3. The van der Waals surface area contributed by atoms with Gasteiger partial charge in [0.15, 0.2) is 0 Å². The van der Waals surface area contributed by atoms with E-state index in [9.17, 15) is 8.42 Å². The lowest BCUT2D eigenvalue weighted by atomic mass is 9.81. The van der Waals surface area contributed by atoms with Crippen molar-refractivity contribution >= 4 is 27.5 Å². The lowest BCUT2D eigenvalue weighted by Gasteiger charge is -2.31. The zero-order chi connectivity index (χ0) is 18.9. The van der Waals surface area contributed by atoms with Gasteiger partial charge in [0.25, 0.3) is 0 Å². The minimum absolute atomic E-state index is 0.110. The van der Waals surface area contributed by atoms with E-state index in [1.54, 1.807) is 4.31 Å². The molecule has 1 aromatic carbocycles. The van der Waals surface area contributed by atoms with Gasteiger partial charge in [-0.1, -0.05) is 30.2 Å². The van der Waals surface area contributed by atoms with Crippen LogP contribution in [-0.4, -0.2) is 55.6 Å². The van der Waals surface area contributed by atoms with E-state index in [-0.39, 0.29) is 5.92 Å². The summed E-state index contributed by atoms with van der Waals surface area (Å²) in [5.74, 6) is 0.508. The molecular formula is C19H27ClN4O2S. The van der Waals surface area contributed by atoms with Gasteiger partial charge in [-0.25, -0.2) is 0 Å². The first kappa shape index (κ1) is 19.2. The van der Waals surface area contributed by atoms with Gasteiger partial charge in [-0.05, 0) is 62.4 Å². The Morgan fingerprint density at radius 2 is 1.81 bits per heavy atom. The summed E-state index contributed by atoms with van der Waals surface area (Å²) in [5, 5.41) is 8.77. The van der Waals surface area contributed by atoms with E-state index in [0.717, 1.165) is 56.5 Å². The third kappa shape index (κ3) is 4.01. The molecule has 148 valence electrons. The summed E-state index contributed by atoms with van der Waals surface area (Å²) in [5.41, 5.74) is 1.84. The standard InChI is InChI=1S/C19H27ClN4O2S/c20-17-8-6-15(7-9-17)19-18(16-5-4-10-21-13-16)14-24(22-19)27(25,26)23-11-2-1-3-12-23/h6-9,16,18,21H,1-5,10-14H2. The van der Waals surface area contributed by atoms with Crippen LogP contribution in [0.4, 0.5) is 0 Å². The van der Waals surface area contributed by atoms with E-state index in [1.807, 2.05) is 24.3 Å². The molecule has 6 nitrogen and oxygen atoms in total. The molecule has 0 spiro atoms. The molecule has 3 aliphatic heterocycles. The number of benzene rings is 1. The fourth-order valence-electron chi connectivity index (χ4n) is 4.35. The first-order chi connectivity index (χ1) is 13.1. The lowest BCUT2D eigenvalue weighted by Crippen LogP contribution is -2.45. The van der Waals surface area contributed by atoms with Crippen LogP contribution < -0.4 is 5.32 Å². The Morgan fingerprint density at radius 3 is 2.48 bits per heavy atom. The van der Waals surface area contributed by atoms with E-state index >= 15 is 0 Å². The number of hydrogen-bond donors (Lipinski definition) is 1. The molecule has 2 saturated heterocycles. The van der Waals surface area contributed by atoms with E-state index < -0.39 is 10.2 Å². The minimum atomic E-state index is -3.55. The van der Waals surface area contributed by atoms with Crippen molar-refractivity contribution in [3.63, 3.8) is 0 Å². The average molecular weight is 411 g/mol. The van der Waals surface area contributed by atoms with E-state index in [1.165, 1.54) is 4.41 Å². The fraction of sp³-hybridized carbons (Fsp3) is 0.632. The highest BCUT2D eigenvalue weighted by molar-refractivity contribution is 7.86. The molecule has 4 rings (SSSR count). The average Bonchev–Trinajstić information content (AvgIpc) is 3.16. The van der Waals surface area contributed by atoms with E-state index in [4.69, 9.17) is 11.6 Å². The molecule has 0 aromatic heterocycles. The summed E-state index contributed by atoms with van der Waals surface area (Å²) in [6.07, 6.45) is 5.17. The van der Waals surface area contributed by atoms with Crippen molar-refractivity contribution in [2.45, 2.75) is 32.1 Å². The van der Waals surface area contributed by atoms with Crippen LogP contribution in [0.2, 0.25) is 5.02 Å². The van der Waals surface area contributed by atoms with Gasteiger partial charge in [0.05, 0.1) is 12.3 Å². The number of piperidine rings is 2. The highest BCUT2D eigenvalue weighted by atomic mass is 35.5. The predicted octanol–water partition coefficient (Wildman–Crippen LogP) is 2.71. The van der Waals surface area contributed by atoms with Crippen molar-refractivity contribution in [1.29, 1.82) is 0 Å². The van der Waals surface area contributed by atoms with Crippen LogP contribution in [0.1, 0.15) is 37.7 Å². The molecule has 1 aromatic rings. The van der Waals surface area contributed by atoms with Gasteiger partial charge in [-0.2, -0.15) is 22.2 Å². The summed E-state index contributed by atoms with van der Waals surface area (Å²) in [6.45, 7) is 3.57. The quantitative estimate of drug-likeness (QED) is 0.829. The van der Waals surface area contributed by atoms with Gasteiger partial charge in [0.2, 0.25) is 0 Å². The second-order valence-electron chi connectivity index (χ2n) is 7.68. The maximum Gasteiger partial charge on any atom is 0.318 e. The Hall–Kier alpha value is -1.15. The molecule has 0 amide bonds. The number of nitrogens with one attached hydrogen (secondary N) is 1. The largest absolute Gasteiger partial charge is 0.318 e. The lowest BCUT2D eigenvalue weighted by molar-refractivity contribution is 0.276. The third-order valence-electron chi connectivity index (χ3n) is 5.88. The molecule has 2 fully saturated rings. The SMILES string of the molecule is O=S(=O)(N1CCCCC1)N1CC(C2CCCNC2)C(c2ccc(Cl)cc2)=N1. The summed E-state index contributed by atoms with van der Waals surface area (Å²) in [6, 6.07) is 7.58. The molecule has 2 unspecified atom stereocenters. The van der Waals surface area contributed by atoms with Crippen LogP contribution in [-0.2, 0) is 10.2 Å².